The third-order valence-corrected chi connectivity index (χ3v) is 5.21. The summed E-state index contributed by atoms with van der Waals surface area (Å²) >= 11 is 1.31. The van der Waals surface area contributed by atoms with Gasteiger partial charge in [0, 0.05) is 12.4 Å². The summed E-state index contributed by atoms with van der Waals surface area (Å²) in [5.41, 5.74) is 1.61. The van der Waals surface area contributed by atoms with Crippen molar-refractivity contribution in [3.05, 3.63) is 46.2 Å². The third kappa shape index (κ3) is 3.26. The van der Waals surface area contributed by atoms with Crippen molar-refractivity contribution in [3.8, 4) is 0 Å². The van der Waals surface area contributed by atoms with Crippen LogP contribution in [0.25, 0.3) is 0 Å². The number of aromatic nitrogens is 1. The van der Waals surface area contributed by atoms with Crippen LogP contribution < -0.4 is 0 Å². The fraction of sp³-hybridized carbons (Fsp3) is 0.167. The van der Waals surface area contributed by atoms with E-state index in [0.717, 1.165) is 16.4 Å². The quantitative estimate of drug-likeness (QED) is 0.903. The van der Waals surface area contributed by atoms with Gasteiger partial charge in [0.15, 0.2) is 0 Å². The SMILES string of the molecule is CN(Cc1cscn1)S(=O)(=O)c1cc(F)ccc1C(=O)O. The van der Waals surface area contributed by atoms with Crippen LogP contribution in [0.2, 0.25) is 0 Å². The molecule has 1 aromatic carbocycles. The van der Waals surface area contributed by atoms with Crippen LogP contribution in [-0.2, 0) is 16.6 Å². The van der Waals surface area contributed by atoms with Crippen molar-refractivity contribution in [2.24, 2.45) is 0 Å². The predicted molar refractivity (Wildman–Crippen MR) is 74.1 cm³/mol. The molecule has 0 aliphatic heterocycles. The molecule has 0 fully saturated rings. The number of hydrogen-bond acceptors (Lipinski definition) is 5. The summed E-state index contributed by atoms with van der Waals surface area (Å²) in [7, 11) is -2.85. The standard InChI is InChI=1S/C12H11FN2O4S2/c1-15(5-9-6-20-7-14-9)21(18,19)11-4-8(13)2-3-10(11)12(16)17/h2-4,6-7H,5H2,1H3,(H,16,17). The van der Waals surface area contributed by atoms with Gasteiger partial charge in [-0.1, -0.05) is 0 Å². The van der Waals surface area contributed by atoms with Gasteiger partial charge in [0.25, 0.3) is 0 Å². The number of benzene rings is 1. The maximum atomic E-state index is 13.3. The number of carboxylic acid groups (broad SMARTS) is 1. The van der Waals surface area contributed by atoms with E-state index in [1.807, 2.05) is 0 Å². The molecule has 0 unspecified atom stereocenters. The normalized spacial score (nSPS) is 11.8. The monoisotopic (exact) mass is 330 g/mol. The Bertz CT molecular complexity index is 760. The Balaban J connectivity index is 2.43. The molecule has 1 heterocycles. The van der Waals surface area contributed by atoms with Crippen molar-refractivity contribution in [2.45, 2.75) is 11.4 Å². The van der Waals surface area contributed by atoms with Crippen molar-refractivity contribution < 1.29 is 22.7 Å². The highest BCUT2D eigenvalue weighted by molar-refractivity contribution is 7.89. The topological polar surface area (TPSA) is 87.6 Å². The summed E-state index contributed by atoms with van der Waals surface area (Å²) < 4.78 is 39.0. The minimum atomic E-state index is -4.14. The van der Waals surface area contributed by atoms with Crippen LogP contribution in [0.1, 0.15) is 16.1 Å². The van der Waals surface area contributed by atoms with Crippen LogP contribution in [-0.4, -0.2) is 35.8 Å². The molecular weight excluding hydrogens is 319 g/mol. The lowest BCUT2D eigenvalue weighted by Crippen LogP contribution is -2.28. The summed E-state index contributed by atoms with van der Waals surface area (Å²) in [6.45, 7) is -0.0264. The number of carbonyl (C=O) groups is 1. The van der Waals surface area contributed by atoms with E-state index in [1.165, 1.54) is 18.4 Å². The van der Waals surface area contributed by atoms with Gasteiger partial charge in [-0.05, 0) is 18.2 Å². The Morgan fingerprint density at radius 2 is 2.19 bits per heavy atom. The molecule has 112 valence electrons. The number of hydrogen-bond donors (Lipinski definition) is 1. The lowest BCUT2D eigenvalue weighted by atomic mass is 10.2. The molecular formula is C12H11FN2O4S2. The number of sulfonamides is 1. The highest BCUT2D eigenvalue weighted by Gasteiger charge is 2.27. The molecule has 0 atom stereocenters. The van der Waals surface area contributed by atoms with Crippen molar-refractivity contribution in [1.29, 1.82) is 0 Å². The lowest BCUT2D eigenvalue weighted by Gasteiger charge is -2.17. The largest absolute Gasteiger partial charge is 0.478 e. The van der Waals surface area contributed by atoms with Gasteiger partial charge in [0.1, 0.15) is 5.82 Å². The second-order valence-corrected chi connectivity index (χ2v) is 6.92. The van der Waals surface area contributed by atoms with E-state index in [0.29, 0.717) is 11.8 Å². The Hall–Kier alpha value is -1.84. The fourth-order valence-corrected chi connectivity index (χ4v) is 3.57. The molecule has 2 rings (SSSR count). The summed E-state index contributed by atoms with van der Waals surface area (Å²) in [5.74, 6) is -2.25. The second-order valence-electron chi connectivity index (χ2n) is 4.19. The molecule has 0 radical (unpaired) electrons. The van der Waals surface area contributed by atoms with Gasteiger partial charge >= 0.3 is 5.97 Å². The average Bonchev–Trinajstić information content (AvgIpc) is 2.91. The molecule has 0 bridgehead atoms. The van der Waals surface area contributed by atoms with Crippen LogP contribution in [0.3, 0.4) is 0 Å². The smallest absolute Gasteiger partial charge is 0.337 e. The third-order valence-electron chi connectivity index (χ3n) is 2.73. The molecule has 0 aliphatic rings. The van der Waals surface area contributed by atoms with E-state index in [1.54, 1.807) is 10.9 Å². The average molecular weight is 330 g/mol. The molecule has 21 heavy (non-hydrogen) atoms. The summed E-state index contributed by atoms with van der Waals surface area (Å²) in [5, 5.41) is 10.7. The molecule has 9 heteroatoms. The molecule has 0 saturated heterocycles. The van der Waals surface area contributed by atoms with Gasteiger partial charge in [-0.3, -0.25) is 0 Å². The van der Waals surface area contributed by atoms with Crippen LogP contribution in [0.5, 0.6) is 0 Å². The Labute approximate surface area is 124 Å². The van der Waals surface area contributed by atoms with Crippen molar-refractivity contribution in [1.82, 2.24) is 9.29 Å². The van der Waals surface area contributed by atoms with Crippen LogP contribution in [0.15, 0.2) is 34.0 Å². The van der Waals surface area contributed by atoms with Gasteiger partial charge in [-0.2, -0.15) is 4.31 Å². The van der Waals surface area contributed by atoms with Crippen molar-refractivity contribution in [3.63, 3.8) is 0 Å². The first-order chi connectivity index (χ1) is 9.82. The zero-order valence-corrected chi connectivity index (χ0v) is 12.5. The highest BCUT2D eigenvalue weighted by atomic mass is 32.2. The lowest BCUT2D eigenvalue weighted by molar-refractivity contribution is 0.0692. The molecule has 0 amide bonds. The first-order valence-electron chi connectivity index (χ1n) is 5.68. The van der Waals surface area contributed by atoms with Crippen LogP contribution in [0, 0.1) is 5.82 Å². The number of thiazole rings is 1. The molecule has 1 aromatic heterocycles. The minimum absolute atomic E-state index is 0.0264. The number of aromatic carboxylic acids is 1. The number of nitrogens with zero attached hydrogens (tertiary/aromatic N) is 2. The Morgan fingerprint density at radius 1 is 1.48 bits per heavy atom. The van der Waals surface area contributed by atoms with Crippen LogP contribution >= 0.6 is 11.3 Å². The number of rotatable bonds is 5. The van der Waals surface area contributed by atoms with E-state index in [-0.39, 0.29) is 6.54 Å². The minimum Gasteiger partial charge on any atom is -0.478 e. The number of carboxylic acids is 1. The van der Waals surface area contributed by atoms with Gasteiger partial charge in [-0.15, -0.1) is 11.3 Å². The van der Waals surface area contributed by atoms with E-state index in [4.69, 9.17) is 5.11 Å². The Kier molecular flexibility index (Phi) is 4.35. The van der Waals surface area contributed by atoms with Gasteiger partial charge in [0.05, 0.1) is 28.2 Å². The van der Waals surface area contributed by atoms with E-state index >= 15 is 0 Å². The fourth-order valence-electron chi connectivity index (χ4n) is 1.68. The molecule has 0 saturated carbocycles. The van der Waals surface area contributed by atoms with Crippen LogP contribution in [0.4, 0.5) is 4.39 Å². The predicted octanol–water partition coefficient (Wildman–Crippen LogP) is 1.80. The van der Waals surface area contributed by atoms with Crippen molar-refractivity contribution >= 4 is 27.3 Å². The molecule has 6 nitrogen and oxygen atoms in total. The molecule has 0 spiro atoms. The van der Waals surface area contributed by atoms with Gasteiger partial charge in [0.2, 0.25) is 10.0 Å². The summed E-state index contributed by atoms with van der Waals surface area (Å²) in [6.07, 6.45) is 0. The highest BCUT2D eigenvalue weighted by Crippen LogP contribution is 2.22. The molecule has 2 aromatic rings. The van der Waals surface area contributed by atoms with E-state index in [9.17, 15) is 17.6 Å². The van der Waals surface area contributed by atoms with E-state index < -0.39 is 32.3 Å². The van der Waals surface area contributed by atoms with Crippen molar-refractivity contribution in [2.75, 3.05) is 7.05 Å². The van der Waals surface area contributed by atoms with Gasteiger partial charge in [-0.25, -0.2) is 22.6 Å². The summed E-state index contributed by atoms with van der Waals surface area (Å²) in [4.78, 5) is 14.5. The second kappa shape index (κ2) is 5.88. The first-order valence-corrected chi connectivity index (χ1v) is 8.07. The maximum absolute atomic E-state index is 13.3. The molecule has 1 N–H and O–H groups in total. The zero-order valence-electron chi connectivity index (χ0n) is 10.9. The maximum Gasteiger partial charge on any atom is 0.337 e. The zero-order chi connectivity index (χ0) is 15.6. The summed E-state index contributed by atoms with van der Waals surface area (Å²) in [6, 6.07) is 2.54. The van der Waals surface area contributed by atoms with E-state index in [2.05, 4.69) is 4.98 Å². The Morgan fingerprint density at radius 3 is 2.76 bits per heavy atom. The first kappa shape index (κ1) is 15.5. The number of halogens is 1. The molecule has 0 aliphatic carbocycles. The van der Waals surface area contributed by atoms with Gasteiger partial charge < -0.3 is 5.11 Å².